The fourth-order valence-electron chi connectivity index (χ4n) is 3.80. The van der Waals surface area contributed by atoms with Gasteiger partial charge < -0.3 is 14.7 Å². The van der Waals surface area contributed by atoms with Gasteiger partial charge in [0.2, 0.25) is 0 Å². The van der Waals surface area contributed by atoms with Gasteiger partial charge in [0.05, 0.1) is 11.6 Å². The number of ether oxygens (including phenoxy) is 1. The van der Waals surface area contributed by atoms with Gasteiger partial charge in [-0.25, -0.2) is 0 Å². The van der Waals surface area contributed by atoms with Gasteiger partial charge in [-0.2, -0.15) is 0 Å². The van der Waals surface area contributed by atoms with E-state index < -0.39 is 0 Å². The molecule has 4 rings (SSSR count). The van der Waals surface area contributed by atoms with Crippen LogP contribution in [0.25, 0.3) is 0 Å². The number of halogens is 2. The third-order valence-electron chi connectivity index (χ3n) is 4.99. The van der Waals surface area contributed by atoms with Crippen LogP contribution in [0.2, 0.25) is 5.02 Å². The molecule has 2 aliphatic rings. The molecule has 0 saturated heterocycles. The zero-order chi connectivity index (χ0) is 16.8. The van der Waals surface area contributed by atoms with Crippen molar-refractivity contribution in [2.45, 2.75) is 18.8 Å². The molecule has 1 N–H and O–H groups in total. The second kappa shape index (κ2) is 6.25. The van der Waals surface area contributed by atoms with Crippen LogP contribution in [0.4, 0.5) is 0 Å². The second-order valence-corrected chi connectivity index (χ2v) is 7.97. The van der Waals surface area contributed by atoms with E-state index in [0.29, 0.717) is 5.02 Å². The second-order valence-electron chi connectivity index (χ2n) is 6.65. The predicted molar refractivity (Wildman–Crippen MR) is 99.5 cm³/mol. The van der Waals surface area contributed by atoms with E-state index in [-0.39, 0.29) is 11.7 Å². The number of fused-ring (bicyclic) bond motifs is 2. The number of aromatic hydroxyl groups is 1. The summed E-state index contributed by atoms with van der Waals surface area (Å²) in [5.41, 5.74) is 4.82. The highest BCUT2D eigenvalue weighted by molar-refractivity contribution is 9.10. The monoisotopic (exact) mass is 407 g/mol. The van der Waals surface area contributed by atoms with Crippen LogP contribution in [-0.4, -0.2) is 36.8 Å². The molecule has 0 aliphatic carbocycles. The number of likely N-dealkylation sites (N-methyl/N-ethyl adjacent to an activating group) is 1. The summed E-state index contributed by atoms with van der Waals surface area (Å²) in [6.45, 7) is 2.60. The summed E-state index contributed by atoms with van der Waals surface area (Å²) in [6.07, 6.45) is 1.86. The molecular weight excluding hydrogens is 390 g/mol. The van der Waals surface area contributed by atoms with Crippen molar-refractivity contribution in [2.24, 2.45) is 0 Å². The van der Waals surface area contributed by atoms with Crippen molar-refractivity contribution >= 4 is 27.5 Å². The van der Waals surface area contributed by atoms with Gasteiger partial charge in [-0.05, 0) is 54.4 Å². The molecule has 0 aromatic heterocycles. The molecule has 2 aromatic carbocycles. The summed E-state index contributed by atoms with van der Waals surface area (Å²) in [5.74, 6) is 1.36. The van der Waals surface area contributed by atoms with Crippen LogP contribution in [0.5, 0.6) is 11.5 Å². The number of nitrogens with zero attached hydrogens (tertiary/aromatic N) is 1. The minimum absolute atomic E-state index is 0.162. The summed E-state index contributed by atoms with van der Waals surface area (Å²) in [4.78, 5) is 2.33. The first kappa shape index (κ1) is 16.2. The number of hydrogen-bond acceptors (Lipinski definition) is 3. The van der Waals surface area contributed by atoms with Crippen molar-refractivity contribution in [3.8, 4) is 11.5 Å². The van der Waals surface area contributed by atoms with Crippen molar-refractivity contribution in [1.82, 2.24) is 4.90 Å². The van der Waals surface area contributed by atoms with Crippen LogP contribution in [-0.2, 0) is 12.8 Å². The highest BCUT2D eigenvalue weighted by atomic mass is 79.9. The molecule has 1 atom stereocenters. The van der Waals surface area contributed by atoms with Crippen molar-refractivity contribution in [1.29, 1.82) is 0 Å². The first-order valence-electron chi connectivity index (χ1n) is 8.18. The Morgan fingerprint density at radius 3 is 2.83 bits per heavy atom. The molecule has 0 saturated carbocycles. The van der Waals surface area contributed by atoms with Gasteiger partial charge in [0, 0.05) is 35.5 Å². The highest BCUT2D eigenvalue weighted by Gasteiger charge is 2.29. The summed E-state index contributed by atoms with van der Waals surface area (Å²) < 4.78 is 7.04. The Bertz CT molecular complexity index is 808. The number of hydrogen-bond donors (Lipinski definition) is 1. The lowest BCUT2D eigenvalue weighted by Crippen LogP contribution is -2.24. The Morgan fingerprint density at radius 1 is 1.17 bits per heavy atom. The topological polar surface area (TPSA) is 32.7 Å². The van der Waals surface area contributed by atoms with Crippen molar-refractivity contribution < 1.29 is 9.84 Å². The van der Waals surface area contributed by atoms with Crippen molar-refractivity contribution in [3.63, 3.8) is 0 Å². The Balaban J connectivity index is 1.91. The number of benzene rings is 2. The zero-order valence-corrected chi connectivity index (χ0v) is 15.8. The Morgan fingerprint density at radius 2 is 2.00 bits per heavy atom. The molecule has 5 heteroatoms. The third-order valence-corrected chi connectivity index (χ3v) is 5.75. The maximum atomic E-state index is 10.0. The van der Waals surface area contributed by atoms with Gasteiger partial charge in [0.1, 0.15) is 11.5 Å². The van der Waals surface area contributed by atoms with E-state index in [1.54, 1.807) is 0 Å². The van der Waals surface area contributed by atoms with E-state index >= 15 is 0 Å². The summed E-state index contributed by atoms with van der Waals surface area (Å²) in [7, 11) is 2.14. The smallest absolute Gasteiger partial charge is 0.134 e. The van der Waals surface area contributed by atoms with E-state index in [0.717, 1.165) is 48.3 Å². The number of rotatable bonds is 1. The van der Waals surface area contributed by atoms with Crippen LogP contribution in [0.15, 0.2) is 28.7 Å². The molecule has 1 unspecified atom stereocenters. The molecule has 0 spiro atoms. The molecule has 0 amide bonds. The minimum atomic E-state index is 0.162. The zero-order valence-electron chi connectivity index (χ0n) is 13.5. The summed E-state index contributed by atoms with van der Waals surface area (Å²) in [6, 6.07) is 8.07. The van der Waals surface area contributed by atoms with Gasteiger partial charge in [-0.15, -0.1) is 0 Å². The lowest BCUT2D eigenvalue weighted by Gasteiger charge is -2.24. The minimum Gasteiger partial charge on any atom is -0.506 e. The Kier molecular flexibility index (Phi) is 4.23. The van der Waals surface area contributed by atoms with E-state index in [9.17, 15) is 5.11 Å². The maximum absolute atomic E-state index is 10.0. The number of phenolic OH excluding ortho intramolecular Hbond substituents is 1. The standard InChI is InChI=1S/C19H19BrClNO2/c1-22-4-2-11-7-18(23)17(21)9-14(11)16(10-22)15-8-13(20)6-12-3-5-24-19(12)15/h6-9,16,23H,2-5,10H2,1H3. The summed E-state index contributed by atoms with van der Waals surface area (Å²) in [5, 5.41) is 10.4. The van der Waals surface area contributed by atoms with Gasteiger partial charge in [0.25, 0.3) is 0 Å². The normalized spacial score (nSPS) is 20.2. The quantitative estimate of drug-likeness (QED) is 0.761. The van der Waals surface area contributed by atoms with Gasteiger partial charge in [-0.3, -0.25) is 0 Å². The van der Waals surface area contributed by atoms with Crippen molar-refractivity contribution in [3.05, 3.63) is 56.0 Å². The van der Waals surface area contributed by atoms with E-state index in [1.807, 2.05) is 12.1 Å². The van der Waals surface area contributed by atoms with Crippen molar-refractivity contribution in [2.75, 3.05) is 26.7 Å². The first-order valence-corrected chi connectivity index (χ1v) is 9.35. The van der Waals surface area contributed by atoms with Gasteiger partial charge >= 0.3 is 0 Å². The predicted octanol–water partition coefficient (Wildman–Crippen LogP) is 4.36. The largest absolute Gasteiger partial charge is 0.506 e. The highest BCUT2D eigenvalue weighted by Crippen LogP contribution is 2.43. The number of phenols is 1. The lowest BCUT2D eigenvalue weighted by molar-refractivity contribution is 0.327. The summed E-state index contributed by atoms with van der Waals surface area (Å²) >= 11 is 9.88. The van der Waals surface area contributed by atoms with Crippen LogP contribution in [0, 0.1) is 0 Å². The van der Waals surface area contributed by atoms with Crippen LogP contribution in [0.3, 0.4) is 0 Å². The fraction of sp³-hybridized carbons (Fsp3) is 0.368. The molecule has 126 valence electrons. The van der Waals surface area contributed by atoms with Gasteiger partial charge in [-0.1, -0.05) is 27.5 Å². The fourth-order valence-corrected chi connectivity index (χ4v) is 4.49. The van der Waals surface area contributed by atoms with Gasteiger partial charge in [0.15, 0.2) is 0 Å². The average molecular weight is 409 g/mol. The van der Waals surface area contributed by atoms with E-state index in [4.69, 9.17) is 16.3 Å². The molecule has 0 bridgehead atoms. The SMILES string of the molecule is CN1CCc2cc(O)c(Cl)cc2C(c2cc(Br)cc3c2OCC3)C1. The Hall–Kier alpha value is -1.23. The third kappa shape index (κ3) is 2.81. The van der Waals surface area contributed by atoms with E-state index in [1.165, 1.54) is 16.7 Å². The molecule has 2 heterocycles. The van der Waals surface area contributed by atoms with Crippen LogP contribution < -0.4 is 4.74 Å². The molecule has 0 radical (unpaired) electrons. The van der Waals surface area contributed by atoms with Crippen LogP contribution in [0.1, 0.15) is 28.2 Å². The average Bonchev–Trinajstić information content (AvgIpc) is 2.95. The molecule has 2 aliphatic heterocycles. The molecule has 0 fully saturated rings. The first-order chi connectivity index (χ1) is 11.5. The molecule has 3 nitrogen and oxygen atoms in total. The van der Waals surface area contributed by atoms with Crippen LogP contribution >= 0.6 is 27.5 Å². The molecular formula is C19H19BrClNO2. The molecule has 24 heavy (non-hydrogen) atoms. The maximum Gasteiger partial charge on any atom is 0.134 e. The van der Waals surface area contributed by atoms with E-state index in [2.05, 4.69) is 40.0 Å². The lowest BCUT2D eigenvalue weighted by atomic mass is 9.86. The molecule has 2 aromatic rings. The Labute approximate surface area is 155 Å².